The highest BCUT2D eigenvalue weighted by molar-refractivity contribution is 7.07. The lowest BCUT2D eigenvalue weighted by molar-refractivity contribution is -0.385. The van der Waals surface area contributed by atoms with Crippen LogP contribution >= 0.6 is 11.3 Å². The van der Waals surface area contributed by atoms with Crippen LogP contribution in [0.15, 0.2) is 35.0 Å². The van der Waals surface area contributed by atoms with Gasteiger partial charge in [-0.05, 0) is 35.4 Å². The predicted octanol–water partition coefficient (Wildman–Crippen LogP) is 2.85. The summed E-state index contributed by atoms with van der Waals surface area (Å²) in [5, 5.41) is 27.0. The summed E-state index contributed by atoms with van der Waals surface area (Å²) in [6.07, 6.45) is 0. The van der Waals surface area contributed by atoms with Gasteiger partial charge in [0.1, 0.15) is 0 Å². The number of carbonyl (C=O) groups excluding carboxylic acids is 1. The van der Waals surface area contributed by atoms with Crippen LogP contribution in [0.4, 0.5) is 5.69 Å². The lowest BCUT2D eigenvalue weighted by Crippen LogP contribution is -2.26. The number of para-hydroxylation sites is 1. The van der Waals surface area contributed by atoms with Crippen molar-refractivity contribution < 1.29 is 14.8 Å². The predicted molar refractivity (Wildman–Crippen MR) is 75.0 cm³/mol. The molecule has 1 aromatic carbocycles. The van der Waals surface area contributed by atoms with Crippen molar-refractivity contribution in [3.8, 4) is 5.75 Å². The van der Waals surface area contributed by atoms with Crippen LogP contribution < -0.4 is 5.32 Å². The summed E-state index contributed by atoms with van der Waals surface area (Å²) in [5.74, 6) is -1.17. The summed E-state index contributed by atoms with van der Waals surface area (Å²) in [4.78, 5) is 22.0. The molecule has 1 aromatic heterocycles. The molecule has 0 aliphatic carbocycles. The molecule has 0 aliphatic rings. The third-order valence-corrected chi connectivity index (χ3v) is 3.55. The number of amides is 1. The maximum atomic E-state index is 12.1. The number of aromatic hydroxyl groups is 1. The van der Waals surface area contributed by atoms with Crippen LogP contribution in [0.1, 0.15) is 28.9 Å². The normalized spacial score (nSPS) is 11.8. The second-order valence-electron chi connectivity index (χ2n) is 4.18. The zero-order chi connectivity index (χ0) is 14.7. The van der Waals surface area contributed by atoms with Gasteiger partial charge in [0.05, 0.1) is 16.5 Å². The Morgan fingerprint density at radius 3 is 2.80 bits per heavy atom. The fourth-order valence-electron chi connectivity index (χ4n) is 1.74. The van der Waals surface area contributed by atoms with Crippen LogP contribution in [0, 0.1) is 10.1 Å². The Bertz CT molecular complexity index is 640. The maximum absolute atomic E-state index is 12.1. The summed E-state index contributed by atoms with van der Waals surface area (Å²) in [6.45, 7) is 1.80. The lowest BCUT2D eigenvalue weighted by Gasteiger charge is -2.13. The van der Waals surface area contributed by atoms with E-state index in [0.717, 1.165) is 11.6 Å². The third kappa shape index (κ3) is 2.77. The number of benzene rings is 1. The molecule has 7 heteroatoms. The number of nitro benzene ring substituents is 1. The van der Waals surface area contributed by atoms with E-state index < -0.39 is 22.3 Å². The molecule has 0 fully saturated rings. The topological polar surface area (TPSA) is 92.5 Å². The smallest absolute Gasteiger partial charge is 0.311 e. The Morgan fingerprint density at radius 1 is 1.45 bits per heavy atom. The molecule has 0 radical (unpaired) electrons. The molecule has 0 saturated carbocycles. The average Bonchev–Trinajstić information content (AvgIpc) is 2.92. The van der Waals surface area contributed by atoms with E-state index in [9.17, 15) is 20.0 Å². The number of hydrogen-bond acceptors (Lipinski definition) is 5. The molecule has 0 saturated heterocycles. The Balaban J connectivity index is 2.22. The molecule has 6 nitrogen and oxygen atoms in total. The van der Waals surface area contributed by atoms with Crippen LogP contribution in [0.3, 0.4) is 0 Å². The van der Waals surface area contributed by atoms with E-state index in [2.05, 4.69) is 5.32 Å². The summed E-state index contributed by atoms with van der Waals surface area (Å²) in [5.41, 5.74) is 0.343. The van der Waals surface area contributed by atoms with Gasteiger partial charge in [-0.2, -0.15) is 11.3 Å². The van der Waals surface area contributed by atoms with Gasteiger partial charge in [0.2, 0.25) is 5.75 Å². The van der Waals surface area contributed by atoms with E-state index in [1.807, 2.05) is 16.8 Å². The van der Waals surface area contributed by atoms with E-state index >= 15 is 0 Å². The largest absolute Gasteiger partial charge is 0.502 e. The molecule has 2 rings (SSSR count). The first kappa shape index (κ1) is 14.0. The number of nitro groups is 1. The van der Waals surface area contributed by atoms with Gasteiger partial charge in [-0.3, -0.25) is 14.9 Å². The van der Waals surface area contributed by atoms with Crippen LogP contribution in [0.2, 0.25) is 0 Å². The van der Waals surface area contributed by atoms with E-state index in [1.165, 1.54) is 23.5 Å². The summed E-state index contributed by atoms with van der Waals surface area (Å²) in [6, 6.07) is 5.49. The molecular formula is C13H12N2O4S. The monoisotopic (exact) mass is 292 g/mol. The van der Waals surface area contributed by atoms with Gasteiger partial charge >= 0.3 is 5.69 Å². The summed E-state index contributed by atoms with van der Waals surface area (Å²) in [7, 11) is 0. The van der Waals surface area contributed by atoms with Crippen molar-refractivity contribution in [2.45, 2.75) is 13.0 Å². The van der Waals surface area contributed by atoms with Gasteiger partial charge in [0, 0.05) is 6.07 Å². The number of carbonyl (C=O) groups is 1. The zero-order valence-electron chi connectivity index (χ0n) is 10.6. The number of thiophene rings is 1. The van der Waals surface area contributed by atoms with Gasteiger partial charge in [-0.15, -0.1) is 0 Å². The number of hydrogen-bond donors (Lipinski definition) is 2. The molecule has 2 N–H and O–H groups in total. The van der Waals surface area contributed by atoms with Crippen molar-refractivity contribution >= 4 is 22.9 Å². The van der Waals surface area contributed by atoms with Crippen LogP contribution in [0.5, 0.6) is 5.75 Å². The third-order valence-electron chi connectivity index (χ3n) is 2.85. The summed E-state index contributed by atoms with van der Waals surface area (Å²) >= 11 is 1.51. The minimum absolute atomic E-state index is 0.110. The highest BCUT2D eigenvalue weighted by atomic mass is 32.1. The van der Waals surface area contributed by atoms with Crippen LogP contribution in [-0.4, -0.2) is 15.9 Å². The number of nitrogens with zero attached hydrogens (tertiary/aromatic N) is 1. The Morgan fingerprint density at radius 2 is 2.20 bits per heavy atom. The first-order valence-electron chi connectivity index (χ1n) is 5.80. The quantitative estimate of drug-likeness (QED) is 0.669. The molecular weight excluding hydrogens is 280 g/mol. The summed E-state index contributed by atoms with van der Waals surface area (Å²) < 4.78 is 0. The molecule has 1 heterocycles. The number of phenolic OH excluding ortho intramolecular Hbond substituents is 1. The van der Waals surface area contributed by atoms with E-state index in [-0.39, 0.29) is 11.6 Å². The van der Waals surface area contributed by atoms with Crippen molar-refractivity contribution in [3.05, 3.63) is 56.3 Å². The van der Waals surface area contributed by atoms with Crippen molar-refractivity contribution in [2.24, 2.45) is 0 Å². The zero-order valence-corrected chi connectivity index (χ0v) is 11.4. The Labute approximate surface area is 118 Å². The number of nitrogens with one attached hydrogen (secondary N) is 1. The second kappa shape index (κ2) is 5.70. The average molecular weight is 292 g/mol. The fourth-order valence-corrected chi connectivity index (χ4v) is 2.50. The second-order valence-corrected chi connectivity index (χ2v) is 4.96. The lowest BCUT2D eigenvalue weighted by atomic mass is 10.1. The molecule has 0 aliphatic heterocycles. The van der Waals surface area contributed by atoms with E-state index in [4.69, 9.17) is 0 Å². The van der Waals surface area contributed by atoms with Crippen molar-refractivity contribution in [3.63, 3.8) is 0 Å². The van der Waals surface area contributed by atoms with Gasteiger partial charge in [0.15, 0.2) is 0 Å². The van der Waals surface area contributed by atoms with Gasteiger partial charge < -0.3 is 10.4 Å². The van der Waals surface area contributed by atoms with Gasteiger partial charge in [0.25, 0.3) is 5.91 Å². The molecule has 1 atom stereocenters. The highest BCUT2D eigenvalue weighted by Crippen LogP contribution is 2.29. The SMILES string of the molecule is CC(NC(=O)c1cccc([N+](=O)[O-])c1O)c1ccsc1. The number of phenols is 1. The minimum Gasteiger partial charge on any atom is -0.502 e. The molecule has 1 unspecified atom stereocenters. The van der Waals surface area contributed by atoms with Crippen LogP contribution in [-0.2, 0) is 0 Å². The van der Waals surface area contributed by atoms with E-state index in [1.54, 1.807) is 6.92 Å². The standard InChI is InChI=1S/C13H12N2O4S/c1-8(9-5-6-20-7-9)14-13(17)10-3-2-4-11(12(10)16)15(18)19/h2-8,16H,1H3,(H,14,17). The molecule has 20 heavy (non-hydrogen) atoms. The number of rotatable bonds is 4. The minimum atomic E-state index is -0.728. The fraction of sp³-hybridized carbons (Fsp3) is 0.154. The molecule has 0 bridgehead atoms. The molecule has 1 amide bonds. The molecule has 0 spiro atoms. The maximum Gasteiger partial charge on any atom is 0.311 e. The van der Waals surface area contributed by atoms with Crippen molar-refractivity contribution in [1.82, 2.24) is 5.32 Å². The van der Waals surface area contributed by atoms with Crippen molar-refractivity contribution in [2.75, 3.05) is 0 Å². The molecule has 104 valence electrons. The first-order valence-corrected chi connectivity index (χ1v) is 6.74. The molecule has 2 aromatic rings. The van der Waals surface area contributed by atoms with Crippen LogP contribution in [0.25, 0.3) is 0 Å². The van der Waals surface area contributed by atoms with Gasteiger partial charge in [-0.25, -0.2) is 0 Å². The van der Waals surface area contributed by atoms with Gasteiger partial charge in [-0.1, -0.05) is 6.07 Å². The Kier molecular flexibility index (Phi) is 3.99. The van der Waals surface area contributed by atoms with Crippen molar-refractivity contribution in [1.29, 1.82) is 0 Å². The Hall–Kier alpha value is -2.41. The first-order chi connectivity index (χ1) is 9.50. The van der Waals surface area contributed by atoms with E-state index in [0.29, 0.717) is 0 Å². The highest BCUT2D eigenvalue weighted by Gasteiger charge is 2.22.